The average molecular weight is 258 g/mol. The Morgan fingerprint density at radius 2 is 1.79 bits per heavy atom. The summed E-state index contributed by atoms with van der Waals surface area (Å²) in [6.45, 7) is 4.26. The van der Waals surface area contributed by atoms with Gasteiger partial charge in [0.15, 0.2) is 0 Å². The number of benzene rings is 1. The molecule has 0 amide bonds. The van der Waals surface area contributed by atoms with E-state index < -0.39 is 0 Å². The van der Waals surface area contributed by atoms with Crippen LogP contribution in [0.5, 0.6) is 0 Å². The highest BCUT2D eigenvalue weighted by Gasteiger charge is 2.55. The lowest BCUT2D eigenvalue weighted by Crippen LogP contribution is -2.62. The van der Waals surface area contributed by atoms with E-state index in [2.05, 4.69) is 40.5 Å². The van der Waals surface area contributed by atoms with E-state index in [9.17, 15) is 0 Å². The molecule has 0 radical (unpaired) electrons. The summed E-state index contributed by atoms with van der Waals surface area (Å²) in [5.41, 5.74) is 1.55. The van der Waals surface area contributed by atoms with Gasteiger partial charge >= 0.3 is 0 Å². The molecule has 1 aromatic carbocycles. The van der Waals surface area contributed by atoms with Crippen LogP contribution in [0.25, 0.3) is 0 Å². The van der Waals surface area contributed by atoms with Gasteiger partial charge in [0.25, 0.3) is 0 Å². The molecule has 19 heavy (non-hydrogen) atoms. The van der Waals surface area contributed by atoms with Gasteiger partial charge in [-0.05, 0) is 44.4 Å². The fourth-order valence-electron chi connectivity index (χ4n) is 3.66. The van der Waals surface area contributed by atoms with Crippen LogP contribution < -0.4 is 10.2 Å². The van der Waals surface area contributed by atoms with E-state index in [1.165, 1.54) is 31.4 Å². The molecule has 1 N–H and O–H groups in total. The SMILES string of the molecule is c1ccc(N2CC3(CC3)OC3(CCCNC3)C2)cc1. The Morgan fingerprint density at radius 1 is 1.00 bits per heavy atom. The van der Waals surface area contributed by atoms with Crippen LogP contribution in [-0.2, 0) is 4.74 Å². The quantitative estimate of drug-likeness (QED) is 0.835. The molecule has 3 nitrogen and oxygen atoms in total. The van der Waals surface area contributed by atoms with Crippen molar-refractivity contribution in [3.63, 3.8) is 0 Å². The largest absolute Gasteiger partial charge is 0.366 e. The first-order valence-electron chi connectivity index (χ1n) is 7.50. The summed E-state index contributed by atoms with van der Waals surface area (Å²) in [7, 11) is 0. The van der Waals surface area contributed by atoms with Crippen molar-refractivity contribution in [1.82, 2.24) is 5.32 Å². The summed E-state index contributed by atoms with van der Waals surface area (Å²) in [4.78, 5) is 2.55. The highest BCUT2D eigenvalue weighted by Crippen LogP contribution is 2.48. The smallest absolute Gasteiger partial charge is 0.0988 e. The number of rotatable bonds is 1. The Hall–Kier alpha value is -1.06. The van der Waals surface area contributed by atoms with E-state index in [1.54, 1.807) is 0 Å². The Labute approximate surface area is 114 Å². The van der Waals surface area contributed by atoms with Crippen LogP contribution in [0.15, 0.2) is 30.3 Å². The van der Waals surface area contributed by atoms with Crippen LogP contribution in [0.2, 0.25) is 0 Å². The third kappa shape index (κ3) is 2.15. The molecule has 0 aromatic heterocycles. The van der Waals surface area contributed by atoms with E-state index in [1.807, 2.05) is 0 Å². The highest BCUT2D eigenvalue weighted by molar-refractivity contribution is 5.48. The van der Waals surface area contributed by atoms with Crippen molar-refractivity contribution in [2.45, 2.75) is 36.9 Å². The lowest BCUT2D eigenvalue weighted by molar-refractivity contribution is -0.130. The monoisotopic (exact) mass is 258 g/mol. The molecular weight excluding hydrogens is 236 g/mol. The van der Waals surface area contributed by atoms with Crippen molar-refractivity contribution in [3.8, 4) is 0 Å². The van der Waals surface area contributed by atoms with Crippen LogP contribution in [0.1, 0.15) is 25.7 Å². The number of para-hydroxylation sites is 1. The second kappa shape index (κ2) is 4.22. The third-order valence-electron chi connectivity index (χ3n) is 4.75. The summed E-state index contributed by atoms with van der Waals surface area (Å²) < 4.78 is 6.56. The van der Waals surface area contributed by atoms with Crippen molar-refractivity contribution in [1.29, 1.82) is 0 Å². The minimum atomic E-state index is 0.0445. The van der Waals surface area contributed by atoms with Crippen LogP contribution in [0.4, 0.5) is 5.69 Å². The zero-order valence-corrected chi connectivity index (χ0v) is 11.4. The van der Waals surface area contributed by atoms with E-state index >= 15 is 0 Å². The topological polar surface area (TPSA) is 24.5 Å². The third-order valence-corrected chi connectivity index (χ3v) is 4.75. The van der Waals surface area contributed by atoms with Gasteiger partial charge in [0, 0.05) is 25.3 Å². The number of ether oxygens (including phenoxy) is 1. The molecule has 1 atom stereocenters. The van der Waals surface area contributed by atoms with Crippen molar-refractivity contribution in [2.75, 3.05) is 31.1 Å². The molecule has 1 aromatic rings. The molecule has 3 fully saturated rings. The predicted octanol–water partition coefficient (Wildman–Crippen LogP) is 2.18. The van der Waals surface area contributed by atoms with Gasteiger partial charge in [0.1, 0.15) is 0 Å². The Morgan fingerprint density at radius 3 is 2.47 bits per heavy atom. The average Bonchev–Trinajstić information content (AvgIpc) is 3.18. The first-order chi connectivity index (χ1) is 9.29. The van der Waals surface area contributed by atoms with Gasteiger partial charge in [-0.2, -0.15) is 0 Å². The maximum absolute atomic E-state index is 6.56. The number of nitrogens with zero attached hydrogens (tertiary/aromatic N) is 1. The van der Waals surface area contributed by atoms with E-state index in [0.29, 0.717) is 0 Å². The molecule has 1 unspecified atom stereocenters. The molecule has 3 aliphatic rings. The second-order valence-corrected chi connectivity index (χ2v) is 6.44. The maximum Gasteiger partial charge on any atom is 0.0988 e. The molecule has 1 saturated carbocycles. The minimum absolute atomic E-state index is 0.0445. The Bertz CT molecular complexity index is 449. The molecule has 2 aliphatic heterocycles. The number of piperidine rings is 1. The van der Waals surface area contributed by atoms with Crippen molar-refractivity contribution < 1.29 is 4.74 Å². The molecule has 3 heteroatoms. The first-order valence-corrected chi connectivity index (χ1v) is 7.50. The fourth-order valence-corrected chi connectivity index (χ4v) is 3.66. The van der Waals surface area contributed by atoms with Gasteiger partial charge in [-0.15, -0.1) is 0 Å². The standard InChI is InChI=1S/C16H22N2O/c1-2-5-14(6-3-1)18-12-15(8-9-15)19-16(13-18)7-4-10-17-11-16/h1-3,5-6,17H,4,7-13H2. The predicted molar refractivity (Wildman–Crippen MR) is 76.5 cm³/mol. The number of anilines is 1. The lowest BCUT2D eigenvalue weighted by Gasteiger charge is -2.49. The molecule has 2 spiro atoms. The van der Waals surface area contributed by atoms with Gasteiger partial charge in [-0.3, -0.25) is 0 Å². The summed E-state index contributed by atoms with van der Waals surface area (Å²) in [5.74, 6) is 0. The summed E-state index contributed by atoms with van der Waals surface area (Å²) in [6, 6.07) is 10.8. The van der Waals surface area contributed by atoms with Gasteiger partial charge in [-0.25, -0.2) is 0 Å². The maximum atomic E-state index is 6.56. The van der Waals surface area contributed by atoms with E-state index in [4.69, 9.17) is 4.74 Å². The fraction of sp³-hybridized carbons (Fsp3) is 0.625. The summed E-state index contributed by atoms with van der Waals surface area (Å²) in [6.07, 6.45) is 4.90. The van der Waals surface area contributed by atoms with E-state index in [-0.39, 0.29) is 11.2 Å². The molecule has 4 rings (SSSR count). The molecular formula is C16H22N2O. The zero-order valence-electron chi connectivity index (χ0n) is 11.4. The minimum Gasteiger partial charge on any atom is -0.366 e. The number of nitrogens with one attached hydrogen (secondary N) is 1. The number of hydrogen-bond acceptors (Lipinski definition) is 3. The summed E-state index contributed by atoms with van der Waals surface area (Å²) in [5, 5.41) is 3.53. The lowest BCUT2D eigenvalue weighted by atomic mass is 9.90. The van der Waals surface area contributed by atoms with E-state index in [0.717, 1.165) is 26.2 Å². The number of morpholine rings is 1. The molecule has 2 heterocycles. The Balaban J connectivity index is 1.62. The van der Waals surface area contributed by atoms with Crippen LogP contribution >= 0.6 is 0 Å². The second-order valence-electron chi connectivity index (χ2n) is 6.44. The normalized spacial score (nSPS) is 32.7. The van der Waals surface area contributed by atoms with Gasteiger partial charge in [-0.1, -0.05) is 18.2 Å². The van der Waals surface area contributed by atoms with Crippen molar-refractivity contribution >= 4 is 5.69 Å². The summed E-state index contributed by atoms with van der Waals surface area (Å²) >= 11 is 0. The molecule has 102 valence electrons. The number of hydrogen-bond donors (Lipinski definition) is 1. The highest BCUT2D eigenvalue weighted by atomic mass is 16.5. The van der Waals surface area contributed by atoms with Crippen LogP contribution in [-0.4, -0.2) is 37.4 Å². The van der Waals surface area contributed by atoms with Gasteiger partial charge in [0.2, 0.25) is 0 Å². The zero-order chi connectivity index (χ0) is 12.8. The van der Waals surface area contributed by atoms with Crippen LogP contribution in [0, 0.1) is 0 Å². The van der Waals surface area contributed by atoms with Gasteiger partial charge < -0.3 is 15.0 Å². The van der Waals surface area contributed by atoms with Gasteiger partial charge in [0.05, 0.1) is 11.2 Å². The molecule has 1 aliphatic carbocycles. The molecule has 0 bridgehead atoms. The van der Waals surface area contributed by atoms with Crippen molar-refractivity contribution in [3.05, 3.63) is 30.3 Å². The van der Waals surface area contributed by atoms with Crippen LogP contribution in [0.3, 0.4) is 0 Å². The van der Waals surface area contributed by atoms with Crippen molar-refractivity contribution in [2.24, 2.45) is 0 Å². The Kier molecular flexibility index (Phi) is 2.61. The first kappa shape index (κ1) is 11.7. The molecule has 2 saturated heterocycles.